The van der Waals surface area contributed by atoms with E-state index >= 15 is 0 Å². The Bertz CT molecular complexity index is 319. The van der Waals surface area contributed by atoms with Gasteiger partial charge in [-0.15, -0.1) is 0 Å². The molecule has 1 unspecified atom stereocenters. The van der Waals surface area contributed by atoms with Crippen molar-refractivity contribution in [1.29, 1.82) is 0 Å². The summed E-state index contributed by atoms with van der Waals surface area (Å²) in [6, 6.07) is 0.973. The maximum Gasteiger partial charge on any atom is 0.317 e. The van der Waals surface area contributed by atoms with Crippen molar-refractivity contribution in [2.45, 2.75) is 64.0 Å². The van der Waals surface area contributed by atoms with Gasteiger partial charge < -0.3 is 15.3 Å². The van der Waals surface area contributed by atoms with E-state index in [0.717, 1.165) is 19.0 Å². The monoisotopic (exact) mass is 297 g/mol. The molecule has 0 radical (unpaired) electrons. The molecule has 2 rings (SSSR count). The van der Waals surface area contributed by atoms with Crippen LogP contribution in [0.2, 0.25) is 0 Å². The van der Waals surface area contributed by atoms with Crippen LogP contribution in [-0.4, -0.2) is 65.8 Å². The molecule has 1 saturated carbocycles. The summed E-state index contributed by atoms with van der Waals surface area (Å²) >= 11 is 0. The summed E-state index contributed by atoms with van der Waals surface area (Å²) in [5, 5.41) is 12.2. The fraction of sp³-hybridized carbons (Fsp3) is 0.938. The first-order valence-electron chi connectivity index (χ1n) is 8.65. The van der Waals surface area contributed by atoms with Crippen LogP contribution in [0, 0.1) is 0 Å². The van der Waals surface area contributed by atoms with E-state index in [2.05, 4.69) is 10.2 Å². The highest BCUT2D eigenvalue weighted by molar-refractivity contribution is 5.74. The minimum Gasteiger partial charge on any atom is -0.395 e. The van der Waals surface area contributed by atoms with Crippen molar-refractivity contribution in [3.63, 3.8) is 0 Å². The predicted octanol–water partition coefficient (Wildman–Crippen LogP) is 1.81. The van der Waals surface area contributed by atoms with Crippen LogP contribution in [0.5, 0.6) is 0 Å². The van der Waals surface area contributed by atoms with Crippen molar-refractivity contribution in [3.05, 3.63) is 0 Å². The minimum atomic E-state index is -0.0259. The van der Waals surface area contributed by atoms with E-state index in [1.54, 1.807) is 4.90 Å². The summed E-state index contributed by atoms with van der Waals surface area (Å²) in [6.45, 7) is 5.22. The number of likely N-dealkylation sites (N-methyl/N-ethyl adjacent to an activating group) is 1. The Labute approximate surface area is 128 Å². The zero-order chi connectivity index (χ0) is 15.1. The fourth-order valence-electron chi connectivity index (χ4n) is 3.69. The molecule has 0 aromatic heterocycles. The highest BCUT2D eigenvalue weighted by Crippen LogP contribution is 2.25. The Balaban J connectivity index is 1.81. The highest BCUT2D eigenvalue weighted by Gasteiger charge is 2.28. The topological polar surface area (TPSA) is 55.8 Å². The number of amides is 2. The third-order valence-corrected chi connectivity index (χ3v) is 4.91. The van der Waals surface area contributed by atoms with Gasteiger partial charge in [0.15, 0.2) is 0 Å². The van der Waals surface area contributed by atoms with E-state index in [9.17, 15) is 4.79 Å². The van der Waals surface area contributed by atoms with Crippen LogP contribution >= 0.6 is 0 Å². The third-order valence-electron chi connectivity index (χ3n) is 4.91. The smallest absolute Gasteiger partial charge is 0.317 e. The molecule has 0 bridgehead atoms. The van der Waals surface area contributed by atoms with Gasteiger partial charge in [-0.2, -0.15) is 0 Å². The molecule has 1 aliphatic heterocycles. The predicted molar refractivity (Wildman–Crippen MR) is 84.3 cm³/mol. The molecule has 2 N–H and O–H groups in total. The van der Waals surface area contributed by atoms with Gasteiger partial charge in [0.2, 0.25) is 0 Å². The highest BCUT2D eigenvalue weighted by atomic mass is 16.3. The summed E-state index contributed by atoms with van der Waals surface area (Å²) in [7, 11) is 0. The molecule has 21 heavy (non-hydrogen) atoms. The number of likely N-dealkylation sites (tertiary alicyclic amines) is 1. The molecule has 2 fully saturated rings. The SMILES string of the molecule is CCN(CCO)C(=O)NC1CCCN(C2CCCCC2)C1. The number of nitrogens with zero attached hydrogens (tertiary/aromatic N) is 2. The molecule has 1 saturated heterocycles. The van der Waals surface area contributed by atoms with Crippen molar-refractivity contribution >= 4 is 6.03 Å². The summed E-state index contributed by atoms with van der Waals surface area (Å²) in [6.07, 6.45) is 9.01. The number of rotatable bonds is 5. The van der Waals surface area contributed by atoms with Crippen LogP contribution in [0.1, 0.15) is 51.9 Å². The molecule has 0 spiro atoms. The second-order valence-electron chi connectivity index (χ2n) is 6.38. The van der Waals surface area contributed by atoms with Crippen molar-refractivity contribution < 1.29 is 9.90 Å². The maximum atomic E-state index is 12.2. The Kier molecular flexibility index (Phi) is 6.77. The number of hydrogen-bond acceptors (Lipinski definition) is 3. The lowest BCUT2D eigenvalue weighted by molar-refractivity contribution is 0.108. The van der Waals surface area contributed by atoms with Crippen LogP contribution in [-0.2, 0) is 0 Å². The first kappa shape index (κ1) is 16.6. The first-order valence-corrected chi connectivity index (χ1v) is 8.65. The largest absolute Gasteiger partial charge is 0.395 e. The Hall–Kier alpha value is -0.810. The average Bonchev–Trinajstić information content (AvgIpc) is 2.53. The molecular formula is C16H31N3O2. The lowest BCUT2D eigenvalue weighted by Gasteiger charge is -2.40. The first-order chi connectivity index (χ1) is 10.2. The number of carbonyl (C=O) groups excluding carboxylic acids is 1. The lowest BCUT2D eigenvalue weighted by Crippen LogP contribution is -2.54. The van der Waals surface area contributed by atoms with Crippen molar-refractivity contribution in [2.24, 2.45) is 0 Å². The normalized spacial score (nSPS) is 24.8. The van der Waals surface area contributed by atoms with Gasteiger partial charge >= 0.3 is 6.03 Å². The second kappa shape index (κ2) is 8.59. The fourth-order valence-corrected chi connectivity index (χ4v) is 3.69. The molecule has 1 heterocycles. The van der Waals surface area contributed by atoms with Crippen molar-refractivity contribution in [3.8, 4) is 0 Å². The van der Waals surface area contributed by atoms with Gasteiger partial charge in [0.05, 0.1) is 6.61 Å². The molecule has 2 amide bonds. The van der Waals surface area contributed by atoms with Crippen LogP contribution in [0.25, 0.3) is 0 Å². The van der Waals surface area contributed by atoms with E-state index in [0.29, 0.717) is 13.1 Å². The zero-order valence-corrected chi connectivity index (χ0v) is 13.4. The molecule has 1 aliphatic carbocycles. The van der Waals surface area contributed by atoms with E-state index in [-0.39, 0.29) is 18.7 Å². The summed E-state index contributed by atoms with van der Waals surface area (Å²) in [5.41, 5.74) is 0. The van der Waals surface area contributed by atoms with E-state index in [1.807, 2.05) is 6.92 Å². The Morgan fingerprint density at radius 3 is 2.67 bits per heavy atom. The van der Waals surface area contributed by atoms with Gasteiger partial charge in [0.25, 0.3) is 0 Å². The van der Waals surface area contributed by atoms with Crippen molar-refractivity contribution in [1.82, 2.24) is 15.1 Å². The summed E-state index contributed by atoms with van der Waals surface area (Å²) in [4.78, 5) is 16.5. The van der Waals surface area contributed by atoms with Gasteiger partial charge in [0, 0.05) is 31.7 Å². The maximum absolute atomic E-state index is 12.2. The number of carbonyl (C=O) groups is 1. The molecule has 0 aromatic carbocycles. The van der Waals surface area contributed by atoms with Gasteiger partial charge in [-0.3, -0.25) is 4.90 Å². The van der Waals surface area contributed by atoms with Gasteiger partial charge in [0.1, 0.15) is 0 Å². The molecule has 5 nitrogen and oxygen atoms in total. The Morgan fingerprint density at radius 2 is 2.00 bits per heavy atom. The van der Waals surface area contributed by atoms with Gasteiger partial charge in [-0.25, -0.2) is 4.79 Å². The number of aliphatic hydroxyl groups is 1. The van der Waals surface area contributed by atoms with E-state index in [4.69, 9.17) is 5.11 Å². The van der Waals surface area contributed by atoms with Gasteiger partial charge in [-0.1, -0.05) is 19.3 Å². The average molecular weight is 297 g/mol. The third kappa shape index (κ3) is 4.85. The minimum absolute atomic E-state index is 0.0259. The molecule has 5 heteroatoms. The van der Waals surface area contributed by atoms with E-state index < -0.39 is 0 Å². The standard InChI is InChI=1S/C16H31N3O2/c1-2-18(11-12-20)16(21)17-14-7-6-10-19(13-14)15-8-4-3-5-9-15/h14-15,20H,2-13H2,1H3,(H,17,21). The lowest BCUT2D eigenvalue weighted by atomic mass is 9.92. The van der Waals surface area contributed by atoms with Crippen LogP contribution < -0.4 is 5.32 Å². The molecule has 0 aromatic rings. The van der Waals surface area contributed by atoms with Crippen LogP contribution in [0.3, 0.4) is 0 Å². The zero-order valence-electron chi connectivity index (χ0n) is 13.4. The summed E-state index contributed by atoms with van der Waals surface area (Å²) < 4.78 is 0. The number of hydrogen-bond donors (Lipinski definition) is 2. The number of piperidine rings is 1. The Morgan fingerprint density at radius 1 is 1.24 bits per heavy atom. The number of aliphatic hydroxyl groups excluding tert-OH is 1. The molecule has 1 atom stereocenters. The second-order valence-corrected chi connectivity index (χ2v) is 6.38. The van der Waals surface area contributed by atoms with Gasteiger partial charge in [-0.05, 0) is 39.2 Å². The molecular weight excluding hydrogens is 266 g/mol. The van der Waals surface area contributed by atoms with Crippen LogP contribution in [0.15, 0.2) is 0 Å². The molecule has 2 aliphatic rings. The van der Waals surface area contributed by atoms with Crippen LogP contribution in [0.4, 0.5) is 4.79 Å². The quantitative estimate of drug-likeness (QED) is 0.814. The molecule has 122 valence electrons. The number of nitrogens with one attached hydrogen (secondary N) is 1. The van der Waals surface area contributed by atoms with Crippen molar-refractivity contribution in [2.75, 3.05) is 32.8 Å². The van der Waals surface area contributed by atoms with E-state index in [1.165, 1.54) is 45.1 Å². The number of urea groups is 1. The summed E-state index contributed by atoms with van der Waals surface area (Å²) in [5.74, 6) is 0.